The van der Waals surface area contributed by atoms with E-state index in [1.807, 2.05) is 0 Å². The zero-order chi connectivity index (χ0) is 14.9. The van der Waals surface area contributed by atoms with E-state index in [4.69, 9.17) is 5.73 Å². The maximum atomic E-state index is 5.89. The molecule has 0 aliphatic heterocycles. The summed E-state index contributed by atoms with van der Waals surface area (Å²) in [6.07, 6.45) is 5.06. The Hall–Kier alpha value is -0.980. The van der Waals surface area contributed by atoms with Gasteiger partial charge in [-0.2, -0.15) is 0 Å². The number of nitrogens with zero attached hydrogens (tertiary/aromatic N) is 2. The number of nitrogens with one attached hydrogen (secondary N) is 1. The van der Waals surface area contributed by atoms with Crippen molar-refractivity contribution in [2.45, 2.75) is 32.6 Å². The number of aliphatic imine (C=N–C) groups is 1. The number of para-hydroxylation sites is 1. The van der Waals surface area contributed by atoms with Gasteiger partial charge >= 0.3 is 0 Å². The number of anilines is 1. The van der Waals surface area contributed by atoms with Crippen LogP contribution in [0.5, 0.6) is 0 Å². The molecule has 1 aromatic carbocycles. The first-order valence-electron chi connectivity index (χ1n) is 8.13. The van der Waals surface area contributed by atoms with Gasteiger partial charge in [0, 0.05) is 31.9 Å². The summed E-state index contributed by atoms with van der Waals surface area (Å²) in [7, 11) is 0. The second kappa shape index (κ2) is 10.7. The lowest BCUT2D eigenvalue weighted by Gasteiger charge is -2.24. The minimum absolute atomic E-state index is 0. The molecule has 0 spiro atoms. The molecule has 0 unspecified atom stereocenters. The molecule has 0 heterocycles. The van der Waals surface area contributed by atoms with Gasteiger partial charge in [0.2, 0.25) is 0 Å². The molecule has 0 atom stereocenters. The molecule has 0 aromatic heterocycles. The maximum absolute atomic E-state index is 5.89. The van der Waals surface area contributed by atoms with Gasteiger partial charge in [0.25, 0.3) is 0 Å². The monoisotopic (exact) mass is 416 g/mol. The number of guanidine groups is 1. The van der Waals surface area contributed by atoms with Crippen LogP contribution < -0.4 is 16.0 Å². The highest BCUT2D eigenvalue weighted by Gasteiger charge is 2.16. The van der Waals surface area contributed by atoms with E-state index < -0.39 is 0 Å². The van der Waals surface area contributed by atoms with Crippen LogP contribution in [0.2, 0.25) is 0 Å². The summed E-state index contributed by atoms with van der Waals surface area (Å²) < 4.78 is 0. The topological polar surface area (TPSA) is 53.6 Å². The van der Waals surface area contributed by atoms with Gasteiger partial charge < -0.3 is 16.0 Å². The van der Waals surface area contributed by atoms with Crippen LogP contribution >= 0.6 is 24.0 Å². The number of halogens is 1. The lowest BCUT2D eigenvalue weighted by Crippen LogP contribution is -2.35. The summed E-state index contributed by atoms with van der Waals surface area (Å²) in [5.74, 6) is 1.38. The fourth-order valence-electron chi connectivity index (χ4n) is 2.55. The van der Waals surface area contributed by atoms with Crippen LogP contribution in [0, 0.1) is 5.92 Å². The van der Waals surface area contributed by atoms with Gasteiger partial charge in [0.1, 0.15) is 0 Å². The predicted molar refractivity (Wildman–Crippen MR) is 106 cm³/mol. The lowest BCUT2D eigenvalue weighted by molar-refractivity contribution is 0.326. The fourth-order valence-corrected chi connectivity index (χ4v) is 2.55. The number of hydrogen-bond acceptors (Lipinski definition) is 2. The Balaban J connectivity index is 0.00000242. The van der Waals surface area contributed by atoms with E-state index in [2.05, 4.69) is 52.5 Å². The van der Waals surface area contributed by atoms with E-state index in [-0.39, 0.29) is 24.0 Å². The Kier molecular flexibility index (Phi) is 9.27. The molecular weight excluding hydrogens is 387 g/mol. The molecule has 2 rings (SSSR count). The van der Waals surface area contributed by atoms with E-state index in [1.165, 1.54) is 24.9 Å². The third-order valence-electron chi connectivity index (χ3n) is 4.16. The Morgan fingerprint density at radius 1 is 1.32 bits per heavy atom. The summed E-state index contributed by atoms with van der Waals surface area (Å²) in [6.45, 7) is 6.01. The molecule has 5 heteroatoms. The van der Waals surface area contributed by atoms with Crippen molar-refractivity contribution >= 4 is 35.6 Å². The lowest BCUT2D eigenvalue weighted by atomic mass is 9.86. The van der Waals surface area contributed by atoms with E-state index in [0.717, 1.165) is 38.5 Å². The summed E-state index contributed by atoms with van der Waals surface area (Å²) >= 11 is 0. The molecule has 0 radical (unpaired) electrons. The molecule has 1 aliphatic carbocycles. The zero-order valence-electron chi connectivity index (χ0n) is 13.5. The predicted octanol–water partition coefficient (Wildman–Crippen LogP) is 3.23. The average molecular weight is 416 g/mol. The smallest absolute Gasteiger partial charge is 0.188 e. The van der Waals surface area contributed by atoms with Crippen molar-refractivity contribution in [2.24, 2.45) is 16.6 Å². The first-order valence-corrected chi connectivity index (χ1v) is 8.13. The van der Waals surface area contributed by atoms with Crippen LogP contribution in [0.1, 0.15) is 32.6 Å². The van der Waals surface area contributed by atoms with Crippen LogP contribution in [0.3, 0.4) is 0 Å². The Bertz CT molecular complexity index is 432. The normalized spacial score (nSPS) is 14.9. The summed E-state index contributed by atoms with van der Waals surface area (Å²) in [5, 5.41) is 3.22. The molecule has 1 aliphatic rings. The second-order valence-electron chi connectivity index (χ2n) is 5.72. The molecular formula is C17H29IN4. The maximum Gasteiger partial charge on any atom is 0.188 e. The molecule has 4 nitrogen and oxygen atoms in total. The Morgan fingerprint density at radius 2 is 2.05 bits per heavy atom. The Morgan fingerprint density at radius 3 is 2.64 bits per heavy atom. The minimum atomic E-state index is 0. The number of rotatable bonds is 8. The van der Waals surface area contributed by atoms with Crippen LogP contribution in [0.15, 0.2) is 35.3 Å². The average Bonchev–Trinajstić information content (AvgIpc) is 2.46. The molecule has 1 aromatic rings. The summed E-state index contributed by atoms with van der Waals surface area (Å²) in [4.78, 5) is 6.79. The van der Waals surface area contributed by atoms with Crippen molar-refractivity contribution < 1.29 is 0 Å². The standard InChI is InChI=1S/C17H28N4.HI/c1-2-21(16-10-4-3-5-11-16)13-7-12-19-17(18)20-14-15-8-6-9-15;/h3-5,10-11,15H,2,6-9,12-14H2,1H3,(H3,18,19,20);1H. The fraction of sp³-hybridized carbons (Fsp3) is 0.588. The molecule has 3 N–H and O–H groups in total. The van der Waals surface area contributed by atoms with E-state index in [0.29, 0.717) is 5.96 Å². The van der Waals surface area contributed by atoms with Gasteiger partial charge in [-0.25, -0.2) is 0 Å². The summed E-state index contributed by atoms with van der Waals surface area (Å²) in [5.41, 5.74) is 7.17. The molecule has 1 saturated carbocycles. The van der Waals surface area contributed by atoms with Crippen molar-refractivity contribution in [1.29, 1.82) is 0 Å². The number of benzene rings is 1. The Labute approximate surface area is 151 Å². The highest BCUT2D eigenvalue weighted by Crippen LogP contribution is 2.26. The van der Waals surface area contributed by atoms with E-state index in [1.54, 1.807) is 0 Å². The van der Waals surface area contributed by atoms with E-state index >= 15 is 0 Å². The van der Waals surface area contributed by atoms with Gasteiger partial charge in [-0.1, -0.05) is 24.6 Å². The third-order valence-corrected chi connectivity index (χ3v) is 4.16. The van der Waals surface area contributed by atoms with Gasteiger partial charge in [0.15, 0.2) is 5.96 Å². The van der Waals surface area contributed by atoms with Gasteiger partial charge in [-0.15, -0.1) is 24.0 Å². The molecule has 0 amide bonds. The first kappa shape index (κ1) is 19.1. The zero-order valence-corrected chi connectivity index (χ0v) is 15.8. The van der Waals surface area contributed by atoms with Crippen LogP contribution in [0.25, 0.3) is 0 Å². The second-order valence-corrected chi connectivity index (χ2v) is 5.72. The number of nitrogens with two attached hydrogens (primary N) is 1. The van der Waals surface area contributed by atoms with Gasteiger partial charge in [0.05, 0.1) is 0 Å². The van der Waals surface area contributed by atoms with E-state index in [9.17, 15) is 0 Å². The number of hydrogen-bond donors (Lipinski definition) is 2. The quantitative estimate of drug-likeness (QED) is 0.296. The highest BCUT2D eigenvalue weighted by molar-refractivity contribution is 14.0. The SMILES string of the molecule is CCN(CCCNC(N)=NCC1CCC1)c1ccccc1.I. The minimum Gasteiger partial charge on any atom is -0.372 e. The largest absolute Gasteiger partial charge is 0.372 e. The van der Waals surface area contributed by atoms with Gasteiger partial charge in [-0.3, -0.25) is 4.99 Å². The van der Waals surface area contributed by atoms with Crippen LogP contribution in [-0.4, -0.2) is 32.1 Å². The van der Waals surface area contributed by atoms with Crippen molar-refractivity contribution in [3.63, 3.8) is 0 Å². The van der Waals surface area contributed by atoms with Crippen molar-refractivity contribution in [2.75, 3.05) is 31.1 Å². The molecule has 22 heavy (non-hydrogen) atoms. The van der Waals surface area contributed by atoms with Gasteiger partial charge in [-0.05, 0) is 44.2 Å². The summed E-state index contributed by atoms with van der Waals surface area (Å²) in [6, 6.07) is 10.5. The molecule has 1 fully saturated rings. The van der Waals surface area contributed by atoms with Crippen molar-refractivity contribution in [3.05, 3.63) is 30.3 Å². The molecule has 0 bridgehead atoms. The highest BCUT2D eigenvalue weighted by atomic mass is 127. The third kappa shape index (κ3) is 6.42. The van der Waals surface area contributed by atoms with Crippen LogP contribution in [0.4, 0.5) is 5.69 Å². The molecule has 0 saturated heterocycles. The molecule has 124 valence electrons. The van der Waals surface area contributed by atoms with Crippen LogP contribution in [-0.2, 0) is 0 Å². The van der Waals surface area contributed by atoms with Crippen molar-refractivity contribution in [1.82, 2.24) is 5.32 Å². The van der Waals surface area contributed by atoms with Crippen molar-refractivity contribution in [3.8, 4) is 0 Å². The first-order chi connectivity index (χ1) is 10.3.